The lowest BCUT2D eigenvalue weighted by atomic mass is 9.86. The third-order valence-corrected chi connectivity index (χ3v) is 2.95. The van der Waals surface area contributed by atoms with Crippen molar-refractivity contribution >= 4 is 0 Å². The highest BCUT2D eigenvalue weighted by Gasteiger charge is 2.60. The molecule has 1 unspecified atom stereocenters. The Morgan fingerprint density at radius 2 is 1.82 bits per heavy atom. The average molecular weight is 244 g/mol. The third kappa shape index (κ3) is 2.67. The molecule has 4 heteroatoms. The Hall–Kier alpha value is -0.930. The zero-order chi connectivity index (χ0) is 13.4. The lowest BCUT2D eigenvalue weighted by molar-refractivity contribution is 0.110. The number of hydrogen-bond donors (Lipinski definition) is 0. The zero-order valence-corrected chi connectivity index (χ0v) is 11.5. The monoisotopic (exact) mass is 244 g/mol. The van der Waals surface area contributed by atoms with Crippen molar-refractivity contribution in [2.45, 2.75) is 58.3 Å². The van der Waals surface area contributed by atoms with Crippen LogP contribution in [0.25, 0.3) is 0 Å². The Labute approximate surface area is 102 Å². The summed E-state index contributed by atoms with van der Waals surface area (Å²) < 4.78 is 27.7. The fraction of sp³-hybridized carbons (Fsp3) is 0.769. The first-order valence-corrected chi connectivity index (χ1v) is 6.13. The van der Waals surface area contributed by atoms with Crippen LogP contribution in [0.5, 0.6) is 0 Å². The minimum atomic E-state index is -2.52. The number of aromatic nitrogens is 2. The van der Waals surface area contributed by atoms with Crippen molar-refractivity contribution in [2.75, 3.05) is 0 Å². The van der Waals surface area contributed by atoms with E-state index in [0.717, 1.165) is 5.56 Å². The highest BCUT2D eigenvalue weighted by atomic mass is 19.3. The molecule has 0 aliphatic heterocycles. The van der Waals surface area contributed by atoms with Gasteiger partial charge in [-0.25, -0.2) is 8.78 Å². The van der Waals surface area contributed by atoms with Gasteiger partial charge in [0, 0.05) is 13.5 Å². The van der Waals surface area contributed by atoms with Crippen molar-refractivity contribution in [1.82, 2.24) is 9.78 Å². The summed E-state index contributed by atoms with van der Waals surface area (Å²) in [5.41, 5.74) is 1.52. The third-order valence-electron chi connectivity index (χ3n) is 2.95. The van der Waals surface area contributed by atoms with Crippen LogP contribution >= 0.6 is 0 Å². The maximum Gasteiger partial charge on any atom is 0.257 e. The van der Waals surface area contributed by atoms with Gasteiger partial charge >= 0.3 is 0 Å². The predicted octanol–water partition coefficient (Wildman–Crippen LogP) is 3.87. The molecular weight excluding hydrogens is 222 g/mol. The Morgan fingerprint density at radius 1 is 1.35 bits per heavy atom. The van der Waals surface area contributed by atoms with Crippen molar-refractivity contribution in [3.8, 4) is 0 Å². The molecule has 2 nitrogen and oxygen atoms in total. The SMILES string of the molecule is CC.Cn1ncc(C(C)(C)C)c1C1CC1(F)F. The van der Waals surface area contributed by atoms with E-state index >= 15 is 0 Å². The normalized spacial score (nSPS) is 21.8. The van der Waals surface area contributed by atoms with E-state index in [-0.39, 0.29) is 11.8 Å². The summed E-state index contributed by atoms with van der Waals surface area (Å²) in [6.07, 6.45) is 1.68. The fourth-order valence-corrected chi connectivity index (χ4v) is 1.95. The number of nitrogens with zero attached hydrogens (tertiary/aromatic N) is 2. The van der Waals surface area contributed by atoms with Gasteiger partial charge in [0.1, 0.15) is 0 Å². The van der Waals surface area contributed by atoms with E-state index in [4.69, 9.17) is 0 Å². The van der Waals surface area contributed by atoms with Gasteiger partial charge < -0.3 is 0 Å². The standard InChI is InChI=1S/C11H16F2N2.C2H6/c1-10(2,3)8-6-14-15(4)9(8)7-5-11(7,12)13;1-2/h6-7H,5H2,1-4H3;1-2H3. The molecule has 1 atom stereocenters. The summed E-state index contributed by atoms with van der Waals surface area (Å²) in [6, 6.07) is 0. The second-order valence-corrected chi connectivity index (χ2v) is 5.33. The minimum absolute atomic E-state index is 0.0321. The maximum atomic E-state index is 13.1. The van der Waals surface area contributed by atoms with Gasteiger partial charge in [0.15, 0.2) is 0 Å². The van der Waals surface area contributed by atoms with Gasteiger partial charge in [-0.1, -0.05) is 34.6 Å². The molecule has 1 aliphatic rings. The first-order valence-electron chi connectivity index (χ1n) is 6.13. The van der Waals surface area contributed by atoms with Crippen molar-refractivity contribution in [2.24, 2.45) is 7.05 Å². The van der Waals surface area contributed by atoms with Crippen molar-refractivity contribution in [1.29, 1.82) is 0 Å². The number of alkyl halides is 2. The molecule has 0 saturated heterocycles. The maximum absolute atomic E-state index is 13.1. The Balaban J connectivity index is 0.000000686. The van der Waals surface area contributed by atoms with Crippen LogP contribution in [-0.2, 0) is 12.5 Å². The first kappa shape index (κ1) is 14.1. The molecule has 1 aromatic heterocycles. The predicted molar refractivity (Wildman–Crippen MR) is 65.6 cm³/mol. The van der Waals surface area contributed by atoms with Crippen LogP contribution in [0.3, 0.4) is 0 Å². The van der Waals surface area contributed by atoms with Crippen molar-refractivity contribution in [3.63, 3.8) is 0 Å². The van der Waals surface area contributed by atoms with E-state index in [1.165, 1.54) is 0 Å². The van der Waals surface area contributed by atoms with E-state index in [9.17, 15) is 8.78 Å². The minimum Gasteiger partial charge on any atom is -0.272 e. The van der Waals surface area contributed by atoms with Crippen LogP contribution < -0.4 is 0 Å². The highest BCUT2D eigenvalue weighted by Crippen LogP contribution is 2.57. The zero-order valence-electron chi connectivity index (χ0n) is 11.5. The van der Waals surface area contributed by atoms with Crippen LogP contribution in [0.15, 0.2) is 6.20 Å². The summed E-state index contributed by atoms with van der Waals surface area (Å²) in [6.45, 7) is 10.1. The smallest absolute Gasteiger partial charge is 0.257 e. The lowest BCUT2D eigenvalue weighted by Crippen LogP contribution is -2.14. The molecular formula is C13H22F2N2. The molecule has 0 N–H and O–H groups in total. The topological polar surface area (TPSA) is 17.8 Å². The van der Waals surface area contributed by atoms with Crippen molar-refractivity contribution < 1.29 is 8.78 Å². The summed E-state index contributed by atoms with van der Waals surface area (Å²) in [5.74, 6) is -3.15. The van der Waals surface area contributed by atoms with E-state index in [1.54, 1.807) is 17.9 Å². The van der Waals surface area contributed by atoms with Gasteiger partial charge in [0.05, 0.1) is 17.8 Å². The molecule has 1 aliphatic carbocycles. The van der Waals surface area contributed by atoms with Crippen molar-refractivity contribution in [3.05, 3.63) is 17.5 Å². The van der Waals surface area contributed by atoms with Crippen LogP contribution in [0.2, 0.25) is 0 Å². The average Bonchev–Trinajstić information content (AvgIpc) is 2.66. The summed E-state index contributed by atoms with van der Waals surface area (Å²) in [7, 11) is 1.74. The van der Waals surface area contributed by atoms with E-state index in [2.05, 4.69) is 5.10 Å². The van der Waals surface area contributed by atoms with Gasteiger partial charge in [-0.05, 0) is 11.0 Å². The molecule has 98 valence electrons. The highest BCUT2D eigenvalue weighted by molar-refractivity contribution is 5.34. The molecule has 17 heavy (non-hydrogen) atoms. The first-order chi connectivity index (χ1) is 7.73. The molecule has 0 spiro atoms. The quantitative estimate of drug-likeness (QED) is 0.733. The largest absolute Gasteiger partial charge is 0.272 e. The molecule has 0 aromatic carbocycles. The van der Waals surface area contributed by atoms with Crippen LogP contribution in [0.1, 0.15) is 58.2 Å². The van der Waals surface area contributed by atoms with Crippen LogP contribution in [0, 0.1) is 0 Å². The fourth-order valence-electron chi connectivity index (χ4n) is 1.95. The summed E-state index contributed by atoms with van der Waals surface area (Å²) in [4.78, 5) is 0. The molecule has 1 heterocycles. The summed E-state index contributed by atoms with van der Waals surface area (Å²) >= 11 is 0. The van der Waals surface area contributed by atoms with E-state index in [1.807, 2.05) is 34.6 Å². The molecule has 1 fully saturated rings. The lowest BCUT2D eigenvalue weighted by Gasteiger charge is -2.19. The second kappa shape index (κ2) is 4.39. The summed E-state index contributed by atoms with van der Waals surface area (Å²) in [5, 5.41) is 4.09. The number of aryl methyl sites for hydroxylation is 1. The van der Waals surface area contributed by atoms with E-state index in [0.29, 0.717) is 5.69 Å². The van der Waals surface area contributed by atoms with Gasteiger partial charge in [0.2, 0.25) is 0 Å². The molecule has 0 bridgehead atoms. The molecule has 0 amide bonds. The molecule has 2 rings (SSSR count). The Bertz CT molecular complexity index is 389. The van der Waals surface area contributed by atoms with Crippen LogP contribution in [-0.4, -0.2) is 15.7 Å². The van der Waals surface area contributed by atoms with Gasteiger partial charge in [-0.2, -0.15) is 5.10 Å². The van der Waals surface area contributed by atoms with Gasteiger partial charge in [-0.15, -0.1) is 0 Å². The molecule has 0 radical (unpaired) electrons. The van der Waals surface area contributed by atoms with Gasteiger partial charge in [-0.3, -0.25) is 4.68 Å². The Kier molecular flexibility index (Phi) is 3.65. The number of rotatable bonds is 1. The second-order valence-electron chi connectivity index (χ2n) is 5.33. The van der Waals surface area contributed by atoms with Crippen LogP contribution in [0.4, 0.5) is 8.78 Å². The molecule has 1 saturated carbocycles. The molecule has 1 aromatic rings. The number of halogens is 2. The van der Waals surface area contributed by atoms with Gasteiger partial charge in [0.25, 0.3) is 5.92 Å². The number of hydrogen-bond acceptors (Lipinski definition) is 1. The van der Waals surface area contributed by atoms with E-state index < -0.39 is 11.8 Å². The Morgan fingerprint density at radius 3 is 2.18 bits per heavy atom.